The lowest BCUT2D eigenvalue weighted by Gasteiger charge is -2.19. The van der Waals surface area contributed by atoms with Crippen LogP contribution in [0.15, 0.2) is 18.3 Å². The fourth-order valence-electron chi connectivity index (χ4n) is 1.72. The van der Waals surface area contributed by atoms with Crippen molar-refractivity contribution in [2.24, 2.45) is 5.73 Å². The van der Waals surface area contributed by atoms with Crippen LogP contribution in [0.25, 0.3) is 0 Å². The van der Waals surface area contributed by atoms with E-state index in [-0.39, 0.29) is 6.04 Å². The van der Waals surface area contributed by atoms with Gasteiger partial charge in [-0.1, -0.05) is 26.7 Å². The van der Waals surface area contributed by atoms with Crippen molar-refractivity contribution in [3.63, 3.8) is 0 Å². The molecule has 3 N–H and O–H groups in total. The number of pyridine rings is 1. The summed E-state index contributed by atoms with van der Waals surface area (Å²) in [6.07, 6.45) is 6.18. The molecule has 18 heavy (non-hydrogen) atoms. The zero-order valence-electron chi connectivity index (χ0n) is 11.5. The van der Waals surface area contributed by atoms with Crippen molar-refractivity contribution in [2.45, 2.75) is 45.6 Å². The highest BCUT2D eigenvalue weighted by molar-refractivity contribution is 5.50. The van der Waals surface area contributed by atoms with Gasteiger partial charge in [0.2, 0.25) is 0 Å². The minimum atomic E-state index is 0.267. The van der Waals surface area contributed by atoms with Crippen LogP contribution in [-0.2, 0) is 0 Å². The van der Waals surface area contributed by atoms with Crippen LogP contribution in [0.3, 0.4) is 0 Å². The van der Waals surface area contributed by atoms with Crippen molar-refractivity contribution in [3.05, 3.63) is 18.3 Å². The molecule has 0 aliphatic rings. The molecular weight excluding hydrogens is 226 g/mol. The quantitative estimate of drug-likeness (QED) is 0.708. The van der Waals surface area contributed by atoms with Crippen molar-refractivity contribution in [2.75, 3.05) is 18.5 Å². The SMILES string of the molecule is CCCCC(CN)Nc1ncccc1OCCC. The normalized spacial score (nSPS) is 12.2. The Balaban J connectivity index is 2.63. The van der Waals surface area contributed by atoms with Gasteiger partial charge in [-0.15, -0.1) is 0 Å². The molecule has 0 saturated carbocycles. The Kier molecular flexibility index (Phi) is 7.18. The predicted molar refractivity (Wildman–Crippen MR) is 76.0 cm³/mol. The Morgan fingerprint density at radius 2 is 2.22 bits per heavy atom. The van der Waals surface area contributed by atoms with E-state index in [0.29, 0.717) is 13.2 Å². The molecule has 4 nitrogen and oxygen atoms in total. The molecule has 0 aliphatic heterocycles. The summed E-state index contributed by atoms with van der Waals surface area (Å²) in [6, 6.07) is 4.10. The number of ether oxygens (including phenoxy) is 1. The van der Waals surface area contributed by atoms with E-state index in [0.717, 1.165) is 24.4 Å². The minimum Gasteiger partial charge on any atom is -0.490 e. The highest BCUT2D eigenvalue weighted by atomic mass is 16.5. The molecule has 1 aromatic rings. The summed E-state index contributed by atoms with van der Waals surface area (Å²) in [4.78, 5) is 4.34. The summed E-state index contributed by atoms with van der Waals surface area (Å²) >= 11 is 0. The zero-order chi connectivity index (χ0) is 13.2. The molecule has 0 bridgehead atoms. The van der Waals surface area contributed by atoms with E-state index < -0.39 is 0 Å². The summed E-state index contributed by atoms with van der Waals surface area (Å²) in [5, 5.41) is 3.38. The van der Waals surface area contributed by atoms with Crippen LogP contribution in [-0.4, -0.2) is 24.2 Å². The molecular formula is C14H25N3O. The van der Waals surface area contributed by atoms with E-state index in [2.05, 4.69) is 24.1 Å². The summed E-state index contributed by atoms with van der Waals surface area (Å²) in [7, 11) is 0. The maximum Gasteiger partial charge on any atom is 0.169 e. The van der Waals surface area contributed by atoms with Crippen molar-refractivity contribution < 1.29 is 4.74 Å². The lowest BCUT2D eigenvalue weighted by atomic mass is 10.1. The molecule has 1 heterocycles. The van der Waals surface area contributed by atoms with Crippen molar-refractivity contribution >= 4 is 5.82 Å². The largest absolute Gasteiger partial charge is 0.490 e. The molecule has 4 heteroatoms. The Morgan fingerprint density at radius 1 is 1.39 bits per heavy atom. The first-order valence-corrected chi connectivity index (χ1v) is 6.86. The highest BCUT2D eigenvalue weighted by Gasteiger charge is 2.10. The topological polar surface area (TPSA) is 60.2 Å². The standard InChI is InChI=1S/C14H25N3O/c1-3-5-7-12(11-15)17-14-13(18-10-4-2)8-6-9-16-14/h6,8-9,12H,3-5,7,10-11,15H2,1-2H3,(H,16,17). The van der Waals surface area contributed by atoms with Gasteiger partial charge in [0, 0.05) is 18.8 Å². The molecule has 1 aromatic heterocycles. The van der Waals surface area contributed by atoms with Crippen LogP contribution in [0.2, 0.25) is 0 Å². The number of nitrogens with two attached hydrogens (primary N) is 1. The first-order chi connectivity index (χ1) is 8.81. The molecule has 0 amide bonds. The van der Waals surface area contributed by atoms with Crippen LogP contribution in [0, 0.1) is 0 Å². The third-order valence-corrected chi connectivity index (χ3v) is 2.76. The zero-order valence-corrected chi connectivity index (χ0v) is 11.5. The molecule has 0 aliphatic carbocycles. The molecule has 1 unspecified atom stereocenters. The number of anilines is 1. The maximum atomic E-state index is 5.78. The van der Waals surface area contributed by atoms with E-state index in [9.17, 15) is 0 Å². The summed E-state index contributed by atoms with van der Waals surface area (Å²) < 4.78 is 5.67. The number of rotatable bonds is 9. The fraction of sp³-hybridized carbons (Fsp3) is 0.643. The van der Waals surface area contributed by atoms with Crippen LogP contribution in [0.4, 0.5) is 5.82 Å². The number of hydrogen-bond donors (Lipinski definition) is 2. The minimum absolute atomic E-state index is 0.267. The first kappa shape index (κ1) is 14.8. The summed E-state index contributed by atoms with van der Waals surface area (Å²) in [5.41, 5.74) is 5.78. The maximum absolute atomic E-state index is 5.78. The van der Waals surface area contributed by atoms with Gasteiger partial charge in [-0.25, -0.2) is 4.98 Å². The molecule has 1 atom stereocenters. The Labute approximate surface area is 110 Å². The van der Waals surface area contributed by atoms with Gasteiger partial charge in [0.15, 0.2) is 11.6 Å². The molecule has 102 valence electrons. The van der Waals surface area contributed by atoms with Gasteiger partial charge >= 0.3 is 0 Å². The van der Waals surface area contributed by atoms with Gasteiger partial charge in [-0.05, 0) is 25.0 Å². The lowest BCUT2D eigenvalue weighted by molar-refractivity contribution is 0.317. The molecule has 0 fully saturated rings. The second kappa shape index (κ2) is 8.75. The predicted octanol–water partition coefficient (Wildman–Crippen LogP) is 2.80. The molecule has 0 aromatic carbocycles. The van der Waals surface area contributed by atoms with Crippen molar-refractivity contribution in [1.82, 2.24) is 4.98 Å². The number of unbranched alkanes of at least 4 members (excludes halogenated alkanes) is 1. The van der Waals surface area contributed by atoms with Crippen LogP contribution in [0.5, 0.6) is 5.75 Å². The number of nitrogens with one attached hydrogen (secondary N) is 1. The van der Waals surface area contributed by atoms with E-state index in [4.69, 9.17) is 10.5 Å². The molecule has 0 radical (unpaired) electrons. The highest BCUT2D eigenvalue weighted by Crippen LogP contribution is 2.22. The van der Waals surface area contributed by atoms with Gasteiger partial charge in [0.1, 0.15) is 0 Å². The van der Waals surface area contributed by atoms with Crippen LogP contribution >= 0.6 is 0 Å². The smallest absolute Gasteiger partial charge is 0.169 e. The second-order valence-electron chi connectivity index (χ2n) is 4.42. The summed E-state index contributed by atoms with van der Waals surface area (Å²) in [6.45, 7) is 5.60. The van der Waals surface area contributed by atoms with E-state index in [1.54, 1.807) is 6.20 Å². The second-order valence-corrected chi connectivity index (χ2v) is 4.42. The van der Waals surface area contributed by atoms with Gasteiger partial charge in [-0.3, -0.25) is 0 Å². The fourth-order valence-corrected chi connectivity index (χ4v) is 1.72. The third kappa shape index (κ3) is 4.92. The molecule has 0 saturated heterocycles. The van der Waals surface area contributed by atoms with Crippen LogP contribution < -0.4 is 15.8 Å². The van der Waals surface area contributed by atoms with E-state index >= 15 is 0 Å². The number of nitrogens with zero attached hydrogens (tertiary/aromatic N) is 1. The average molecular weight is 251 g/mol. The Bertz CT molecular complexity index is 331. The van der Waals surface area contributed by atoms with Gasteiger partial charge < -0.3 is 15.8 Å². The van der Waals surface area contributed by atoms with Crippen molar-refractivity contribution in [3.8, 4) is 5.75 Å². The number of aromatic nitrogens is 1. The van der Waals surface area contributed by atoms with Gasteiger partial charge in [0.25, 0.3) is 0 Å². The van der Waals surface area contributed by atoms with Gasteiger partial charge in [0.05, 0.1) is 6.61 Å². The van der Waals surface area contributed by atoms with Crippen molar-refractivity contribution in [1.29, 1.82) is 0 Å². The third-order valence-electron chi connectivity index (χ3n) is 2.76. The van der Waals surface area contributed by atoms with E-state index in [1.807, 2.05) is 12.1 Å². The number of hydrogen-bond acceptors (Lipinski definition) is 4. The Morgan fingerprint density at radius 3 is 2.89 bits per heavy atom. The first-order valence-electron chi connectivity index (χ1n) is 6.86. The summed E-state index contributed by atoms with van der Waals surface area (Å²) in [5.74, 6) is 1.62. The molecule has 1 rings (SSSR count). The van der Waals surface area contributed by atoms with Crippen LogP contribution in [0.1, 0.15) is 39.5 Å². The lowest BCUT2D eigenvalue weighted by Crippen LogP contribution is -2.29. The van der Waals surface area contributed by atoms with Gasteiger partial charge in [-0.2, -0.15) is 0 Å². The van der Waals surface area contributed by atoms with E-state index in [1.165, 1.54) is 12.8 Å². The monoisotopic (exact) mass is 251 g/mol. The Hall–Kier alpha value is -1.29. The molecule has 0 spiro atoms. The average Bonchev–Trinajstić information content (AvgIpc) is 2.42.